The van der Waals surface area contributed by atoms with Crippen molar-refractivity contribution in [2.24, 2.45) is 0 Å². The Hall–Kier alpha value is -1.61. The largest absolute Gasteiger partial charge is 0.383 e. The number of nitrogens with zero attached hydrogens (tertiary/aromatic N) is 1. The first-order valence-electron chi connectivity index (χ1n) is 6.94. The van der Waals surface area contributed by atoms with Gasteiger partial charge < -0.3 is 10.1 Å². The fraction of sp³-hybridized carbons (Fsp3) is 0.438. The predicted molar refractivity (Wildman–Crippen MR) is 80.6 cm³/mol. The van der Waals surface area contributed by atoms with Crippen LogP contribution in [-0.2, 0) is 4.74 Å². The summed E-state index contributed by atoms with van der Waals surface area (Å²) in [6, 6.07) is 12.6. The van der Waals surface area contributed by atoms with Gasteiger partial charge in [0, 0.05) is 12.5 Å². The summed E-state index contributed by atoms with van der Waals surface area (Å²) in [4.78, 5) is 4.64. The van der Waals surface area contributed by atoms with Crippen molar-refractivity contribution >= 4 is 16.7 Å². The molecule has 2 rings (SSSR count). The molecule has 0 fully saturated rings. The minimum Gasteiger partial charge on any atom is -0.383 e. The highest BCUT2D eigenvalue weighted by molar-refractivity contribution is 5.80. The van der Waals surface area contributed by atoms with E-state index in [9.17, 15) is 0 Å². The normalized spacial score (nSPS) is 12.5. The molecule has 3 nitrogen and oxygen atoms in total. The fourth-order valence-corrected chi connectivity index (χ4v) is 2.20. The summed E-state index contributed by atoms with van der Waals surface area (Å²) < 4.78 is 5.27. The Labute approximate surface area is 115 Å². The maximum Gasteiger partial charge on any atom is 0.126 e. The van der Waals surface area contributed by atoms with E-state index in [-0.39, 0.29) is 0 Å². The van der Waals surface area contributed by atoms with Crippen LogP contribution in [0, 0.1) is 0 Å². The summed E-state index contributed by atoms with van der Waals surface area (Å²) in [5, 5.41) is 4.64. The quantitative estimate of drug-likeness (QED) is 0.819. The van der Waals surface area contributed by atoms with Gasteiger partial charge in [-0.1, -0.05) is 38.0 Å². The number of hydrogen-bond acceptors (Lipinski definition) is 3. The molecule has 1 unspecified atom stereocenters. The minimum atomic E-state index is 0.332. The van der Waals surface area contributed by atoms with Gasteiger partial charge in [-0.2, -0.15) is 0 Å². The number of fused-ring (bicyclic) bond motifs is 1. The highest BCUT2D eigenvalue weighted by atomic mass is 16.5. The van der Waals surface area contributed by atoms with Crippen molar-refractivity contribution in [1.82, 2.24) is 4.98 Å². The standard InChI is InChI=1S/C16H22N2O/c1-3-4-8-14(12-19-2)17-16-11-10-13-7-5-6-9-15(13)18-16/h5-7,9-11,14H,3-4,8,12H2,1-2H3,(H,17,18). The van der Waals surface area contributed by atoms with Crippen molar-refractivity contribution in [2.75, 3.05) is 19.0 Å². The van der Waals surface area contributed by atoms with Crippen molar-refractivity contribution in [2.45, 2.75) is 32.2 Å². The second kappa shape index (κ2) is 7.10. The number of anilines is 1. The lowest BCUT2D eigenvalue weighted by atomic mass is 10.1. The summed E-state index contributed by atoms with van der Waals surface area (Å²) in [5.74, 6) is 0.928. The first-order valence-corrected chi connectivity index (χ1v) is 6.94. The van der Waals surface area contributed by atoms with Crippen molar-refractivity contribution < 1.29 is 4.74 Å². The molecular formula is C16H22N2O. The molecule has 0 radical (unpaired) electrons. The predicted octanol–water partition coefficient (Wildman–Crippen LogP) is 3.85. The van der Waals surface area contributed by atoms with Crippen LogP contribution in [0.25, 0.3) is 10.9 Å². The van der Waals surface area contributed by atoms with Gasteiger partial charge in [0.2, 0.25) is 0 Å². The van der Waals surface area contributed by atoms with Crippen LogP contribution in [0.15, 0.2) is 36.4 Å². The van der Waals surface area contributed by atoms with Gasteiger partial charge in [0.25, 0.3) is 0 Å². The van der Waals surface area contributed by atoms with Crippen LogP contribution in [0.4, 0.5) is 5.82 Å². The first-order chi connectivity index (χ1) is 9.33. The number of pyridine rings is 1. The van der Waals surface area contributed by atoms with E-state index in [2.05, 4.69) is 29.4 Å². The lowest BCUT2D eigenvalue weighted by Gasteiger charge is -2.18. The van der Waals surface area contributed by atoms with Crippen LogP contribution in [0.2, 0.25) is 0 Å². The Morgan fingerprint density at radius 2 is 2.05 bits per heavy atom. The van der Waals surface area contributed by atoms with Crippen LogP contribution in [0.3, 0.4) is 0 Å². The Bertz CT molecular complexity index is 513. The number of aromatic nitrogens is 1. The average molecular weight is 258 g/mol. The second-order valence-electron chi connectivity index (χ2n) is 4.83. The summed E-state index contributed by atoms with van der Waals surface area (Å²) in [7, 11) is 1.74. The third-order valence-electron chi connectivity index (χ3n) is 3.22. The molecule has 1 aromatic carbocycles. The molecule has 2 aromatic rings. The zero-order valence-corrected chi connectivity index (χ0v) is 11.7. The average Bonchev–Trinajstić information content (AvgIpc) is 2.45. The van der Waals surface area contributed by atoms with Crippen LogP contribution < -0.4 is 5.32 Å². The van der Waals surface area contributed by atoms with E-state index in [1.807, 2.05) is 24.3 Å². The summed E-state index contributed by atoms with van der Waals surface area (Å²) >= 11 is 0. The molecule has 19 heavy (non-hydrogen) atoms. The monoisotopic (exact) mass is 258 g/mol. The molecule has 102 valence electrons. The molecular weight excluding hydrogens is 236 g/mol. The van der Waals surface area contributed by atoms with E-state index in [0.29, 0.717) is 12.6 Å². The maximum atomic E-state index is 5.27. The Balaban J connectivity index is 2.09. The maximum absolute atomic E-state index is 5.27. The molecule has 1 atom stereocenters. The van der Waals surface area contributed by atoms with Gasteiger partial charge in [-0.3, -0.25) is 0 Å². The SMILES string of the molecule is CCCCC(COC)Nc1ccc2ccccc2n1. The molecule has 1 heterocycles. The third-order valence-corrected chi connectivity index (χ3v) is 3.22. The molecule has 0 saturated heterocycles. The molecule has 1 aromatic heterocycles. The summed E-state index contributed by atoms with van der Waals surface area (Å²) in [5.41, 5.74) is 1.03. The summed E-state index contributed by atoms with van der Waals surface area (Å²) in [6.07, 6.45) is 3.51. The van der Waals surface area contributed by atoms with Crippen molar-refractivity contribution in [3.63, 3.8) is 0 Å². The molecule has 0 aliphatic carbocycles. The molecule has 1 N–H and O–H groups in total. The number of nitrogens with one attached hydrogen (secondary N) is 1. The molecule has 3 heteroatoms. The molecule has 0 spiro atoms. The Kier molecular flexibility index (Phi) is 5.16. The van der Waals surface area contributed by atoms with Gasteiger partial charge in [-0.15, -0.1) is 0 Å². The molecule has 0 aliphatic heterocycles. The van der Waals surface area contributed by atoms with Crippen LogP contribution in [0.1, 0.15) is 26.2 Å². The van der Waals surface area contributed by atoms with Gasteiger partial charge in [-0.05, 0) is 24.6 Å². The summed E-state index contributed by atoms with van der Waals surface area (Å²) in [6.45, 7) is 2.92. The topological polar surface area (TPSA) is 34.1 Å². The molecule has 0 bridgehead atoms. The van der Waals surface area contributed by atoms with Crippen LogP contribution in [-0.4, -0.2) is 24.7 Å². The number of unbranched alkanes of at least 4 members (excludes halogenated alkanes) is 1. The zero-order chi connectivity index (χ0) is 13.5. The number of para-hydroxylation sites is 1. The molecule has 0 aliphatic rings. The molecule has 0 saturated carbocycles. The van der Waals surface area contributed by atoms with E-state index >= 15 is 0 Å². The second-order valence-corrected chi connectivity index (χ2v) is 4.83. The number of benzene rings is 1. The van der Waals surface area contributed by atoms with Gasteiger partial charge >= 0.3 is 0 Å². The molecule has 0 amide bonds. The first kappa shape index (κ1) is 13.8. The van der Waals surface area contributed by atoms with Crippen LogP contribution in [0.5, 0.6) is 0 Å². The smallest absolute Gasteiger partial charge is 0.126 e. The van der Waals surface area contributed by atoms with Gasteiger partial charge in [-0.25, -0.2) is 4.98 Å². The minimum absolute atomic E-state index is 0.332. The van der Waals surface area contributed by atoms with Crippen molar-refractivity contribution in [1.29, 1.82) is 0 Å². The van der Waals surface area contributed by atoms with E-state index in [4.69, 9.17) is 4.74 Å². The number of ether oxygens (including phenoxy) is 1. The van der Waals surface area contributed by atoms with Gasteiger partial charge in [0.1, 0.15) is 5.82 Å². The lowest BCUT2D eigenvalue weighted by molar-refractivity contribution is 0.182. The zero-order valence-electron chi connectivity index (χ0n) is 11.7. The Morgan fingerprint density at radius 3 is 2.84 bits per heavy atom. The van der Waals surface area contributed by atoms with Gasteiger partial charge in [0.15, 0.2) is 0 Å². The van der Waals surface area contributed by atoms with E-state index in [1.54, 1.807) is 7.11 Å². The third kappa shape index (κ3) is 3.93. The van der Waals surface area contributed by atoms with Gasteiger partial charge in [0.05, 0.1) is 18.2 Å². The number of hydrogen-bond donors (Lipinski definition) is 1. The van der Waals surface area contributed by atoms with Crippen LogP contribution >= 0.6 is 0 Å². The number of methoxy groups -OCH3 is 1. The highest BCUT2D eigenvalue weighted by Gasteiger charge is 2.08. The van der Waals surface area contributed by atoms with E-state index in [1.165, 1.54) is 18.2 Å². The van der Waals surface area contributed by atoms with E-state index < -0.39 is 0 Å². The van der Waals surface area contributed by atoms with Crippen molar-refractivity contribution in [3.05, 3.63) is 36.4 Å². The Morgan fingerprint density at radius 1 is 1.21 bits per heavy atom. The van der Waals surface area contributed by atoms with E-state index in [0.717, 1.165) is 17.8 Å². The fourth-order valence-electron chi connectivity index (χ4n) is 2.20. The van der Waals surface area contributed by atoms with Crippen molar-refractivity contribution in [3.8, 4) is 0 Å². The highest BCUT2D eigenvalue weighted by Crippen LogP contribution is 2.16. The lowest BCUT2D eigenvalue weighted by Crippen LogP contribution is -2.25. The number of rotatable bonds is 7.